The van der Waals surface area contributed by atoms with E-state index in [9.17, 15) is 43.5 Å². The summed E-state index contributed by atoms with van der Waals surface area (Å²) in [6, 6.07) is 0. The smallest absolute Gasteiger partial charge is 0.790 e. The number of aliphatic hydroxyl groups is 2. The van der Waals surface area contributed by atoms with Gasteiger partial charge in [0.05, 0.1) is 20.8 Å². The predicted octanol–water partition coefficient (Wildman–Crippen LogP) is -11.0. The van der Waals surface area contributed by atoms with Crippen LogP contribution in [0.3, 0.4) is 0 Å². The number of aromatic nitrogens is 4. The average Bonchev–Trinajstić information content (AvgIpc) is 3.13. The van der Waals surface area contributed by atoms with E-state index < -0.39 is 54.6 Å². The Morgan fingerprint density at radius 2 is 1.65 bits per heavy atom. The number of aliphatic hydroxyl groups excluding tert-OH is 2. The Morgan fingerprint density at radius 3 is 2.24 bits per heavy atom. The van der Waals surface area contributed by atoms with E-state index in [1.54, 1.807) is 0 Å². The SMILES string of the molecule is Nc1ncnc2c1ncn2[C@@H]1O[C@H](COP(=O)([O-])OP(=O)([O-])OP(=O)([O-])[O-])[C@@H](O)[C@H]1O.O.[Na+].[Na+]. The van der Waals surface area contributed by atoms with Gasteiger partial charge in [-0.05, 0) is 0 Å². The van der Waals surface area contributed by atoms with E-state index >= 15 is 0 Å². The number of rotatable bonds is 8. The van der Waals surface area contributed by atoms with Crippen molar-refractivity contribution < 1.29 is 126 Å². The maximum Gasteiger partial charge on any atom is 1.00 e. The molecule has 2 aromatic heterocycles. The number of hydrogen-bond acceptors (Lipinski definition) is 17. The van der Waals surface area contributed by atoms with Gasteiger partial charge in [-0.1, -0.05) is 0 Å². The molecule has 1 fully saturated rings. The van der Waals surface area contributed by atoms with Crippen molar-refractivity contribution in [1.82, 2.24) is 19.5 Å². The van der Waals surface area contributed by atoms with Crippen LogP contribution >= 0.6 is 23.5 Å². The van der Waals surface area contributed by atoms with Crippen molar-refractivity contribution in [3.8, 4) is 0 Å². The minimum absolute atomic E-state index is 0. The molecule has 2 aromatic rings. The normalized spacial score (nSPS) is 25.9. The number of anilines is 1. The van der Waals surface area contributed by atoms with Crippen LogP contribution < -0.4 is 84.4 Å². The van der Waals surface area contributed by atoms with Gasteiger partial charge in [-0.3, -0.25) is 18.0 Å². The maximum atomic E-state index is 11.6. The molecule has 34 heavy (non-hydrogen) atoms. The fraction of sp³-hybridized carbons (Fsp3) is 0.500. The fourth-order valence-electron chi connectivity index (χ4n) is 2.60. The molecule has 0 aliphatic carbocycles. The van der Waals surface area contributed by atoms with E-state index in [4.69, 9.17) is 10.5 Å². The van der Waals surface area contributed by atoms with E-state index in [-0.39, 0.29) is 81.6 Å². The number of ether oxygens (including phenoxy) is 1. The largest absolute Gasteiger partial charge is 1.00 e. The van der Waals surface area contributed by atoms with Crippen molar-refractivity contribution in [2.24, 2.45) is 0 Å². The van der Waals surface area contributed by atoms with Crippen LogP contribution in [0.1, 0.15) is 6.23 Å². The van der Waals surface area contributed by atoms with Gasteiger partial charge in [0.2, 0.25) is 0 Å². The van der Waals surface area contributed by atoms with Crippen LogP contribution in [0.2, 0.25) is 0 Å². The second kappa shape index (κ2) is 12.9. The van der Waals surface area contributed by atoms with Crippen molar-refractivity contribution in [1.29, 1.82) is 0 Å². The topological polar surface area (TPSA) is 322 Å². The van der Waals surface area contributed by atoms with E-state index in [1.807, 2.05) is 0 Å². The molecule has 0 amide bonds. The second-order valence-corrected chi connectivity index (χ2v) is 10.2. The molecule has 24 heteroatoms. The monoisotopic (exact) mass is 567 g/mol. The van der Waals surface area contributed by atoms with Gasteiger partial charge in [0.15, 0.2) is 17.7 Å². The molecule has 0 aromatic carbocycles. The molecule has 2 unspecified atom stereocenters. The van der Waals surface area contributed by atoms with Crippen molar-refractivity contribution in [2.45, 2.75) is 24.5 Å². The Morgan fingerprint density at radius 1 is 1.03 bits per heavy atom. The Kier molecular flexibility index (Phi) is 13.1. The molecular weight excluding hydrogens is 553 g/mol. The van der Waals surface area contributed by atoms with Gasteiger partial charge < -0.3 is 54.8 Å². The zero-order valence-corrected chi connectivity index (χ0v) is 23.9. The Balaban J connectivity index is 0.00000363. The predicted molar refractivity (Wildman–Crippen MR) is 90.2 cm³/mol. The number of nitrogens with zero attached hydrogens (tertiary/aromatic N) is 4. The zero-order chi connectivity index (χ0) is 23.2. The average molecular weight is 567 g/mol. The van der Waals surface area contributed by atoms with E-state index in [2.05, 4.69) is 28.1 Å². The van der Waals surface area contributed by atoms with Crippen LogP contribution in [0.15, 0.2) is 12.7 Å². The van der Waals surface area contributed by atoms with Gasteiger partial charge in [-0.2, -0.15) is 0 Å². The minimum Gasteiger partial charge on any atom is -0.790 e. The molecule has 1 saturated heterocycles. The minimum atomic E-state index is -6.14. The van der Waals surface area contributed by atoms with Crippen molar-refractivity contribution in [3.05, 3.63) is 12.7 Å². The van der Waals surface area contributed by atoms with Crippen molar-refractivity contribution >= 4 is 40.4 Å². The number of phosphoric acid groups is 3. The fourth-order valence-corrected chi connectivity index (χ4v) is 5.47. The van der Waals surface area contributed by atoms with Gasteiger partial charge in [0, 0.05) is 0 Å². The summed E-state index contributed by atoms with van der Waals surface area (Å²) in [6.07, 6.45) is -3.99. The first kappa shape index (κ1) is 34.6. The third-order valence-corrected chi connectivity index (χ3v) is 7.46. The summed E-state index contributed by atoms with van der Waals surface area (Å²) < 4.78 is 50.2. The summed E-state index contributed by atoms with van der Waals surface area (Å²) in [5.41, 5.74) is 5.92. The molecule has 6 atom stereocenters. The number of imidazole rings is 1. The molecule has 19 nitrogen and oxygen atoms in total. The maximum absolute atomic E-state index is 11.6. The molecule has 6 N–H and O–H groups in total. The van der Waals surface area contributed by atoms with Crippen molar-refractivity contribution in [2.75, 3.05) is 12.3 Å². The quantitative estimate of drug-likeness (QED) is 0.197. The Hall–Kier alpha value is 0.600. The van der Waals surface area contributed by atoms with Crippen molar-refractivity contribution in [3.63, 3.8) is 0 Å². The van der Waals surface area contributed by atoms with Crippen LogP contribution in [0.5, 0.6) is 0 Å². The van der Waals surface area contributed by atoms with Gasteiger partial charge in [0.25, 0.3) is 15.6 Å². The first-order chi connectivity index (χ1) is 14.2. The van der Waals surface area contributed by atoms with Crippen LogP contribution in [0, 0.1) is 0 Å². The summed E-state index contributed by atoms with van der Waals surface area (Å²) in [6.45, 7) is -1.08. The molecule has 3 rings (SSSR count). The standard InChI is InChI=1S/C10H16N5O13P3.2Na.H2O/c11-8-5-9(13-2-12-8)15(3-14-5)10-7(17)6(16)4(26-10)1-25-30(21,22)28-31(23,24)27-29(18,19)20;;;/h2-4,6-7,10,16-17H,1H2,(H,21,22)(H,23,24)(H2,11,12,13)(H2,18,19,20);;;1H2/q;2*+1;/p-4/t4-,6-,7-,10-;;;/m1.../s1. The number of phosphoric ester groups is 1. The number of hydrogen-bond donors (Lipinski definition) is 3. The molecule has 0 spiro atoms. The van der Waals surface area contributed by atoms with Crippen LogP contribution in [-0.2, 0) is 31.6 Å². The molecule has 3 heterocycles. The van der Waals surface area contributed by atoms with Gasteiger partial charge >= 0.3 is 59.1 Å². The first-order valence-electron chi connectivity index (χ1n) is 7.85. The summed E-state index contributed by atoms with van der Waals surface area (Å²) in [4.78, 5) is 54.9. The van der Waals surface area contributed by atoms with Gasteiger partial charge in [-0.25, -0.2) is 19.3 Å². The Labute approximate surface area is 234 Å². The molecular formula is C10H14N5Na2O14P3-2. The van der Waals surface area contributed by atoms with E-state index in [0.717, 1.165) is 12.7 Å². The van der Waals surface area contributed by atoms with Gasteiger partial charge in [-0.15, -0.1) is 0 Å². The molecule has 182 valence electrons. The Bertz CT molecular complexity index is 1120. The number of fused-ring (bicyclic) bond motifs is 1. The van der Waals surface area contributed by atoms with Gasteiger partial charge in [0.1, 0.15) is 30.2 Å². The first-order valence-corrected chi connectivity index (χ1v) is 12.2. The number of nitrogen functional groups attached to an aromatic ring is 1. The molecule has 0 bridgehead atoms. The number of nitrogens with two attached hydrogens (primary N) is 1. The van der Waals surface area contributed by atoms with Crippen LogP contribution in [0.25, 0.3) is 11.2 Å². The van der Waals surface area contributed by atoms with E-state index in [1.165, 1.54) is 4.57 Å². The van der Waals surface area contributed by atoms with Crippen LogP contribution in [-0.4, -0.2) is 60.1 Å². The molecule has 1 aliphatic heterocycles. The van der Waals surface area contributed by atoms with E-state index in [0.29, 0.717) is 0 Å². The molecule has 1 aliphatic rings. The third-order valence-electron chi connectivity index (χ3n) is 3.80. The zero-order valence-electron chi connectivity index (χ0n) is 17.3. The second-order valence-electron chi connectivity index (χ2n) is 5.93. The third kappa shape index (κ3) is 8.58. The molecule has 0 radical (unpaired) electrons. The van der Waals surface area contributed by atoms with Crippen LogP contribution in [0.4, 0.5) is 5.82 Å². The molecule has 0 saturated carbocycles. The summed E-state index contributed by atoms with van der Waals surface area (Å²) in [5, 5.41) is 20.3. The summed E-state index contributed by atoms with van der Waals surface area (Å²) in [7, 11) is -18.1. The summed E-state index contributed by atoms with van der Waals surface area (Å²) >= 11 is 0. The summed E-state index contributed by atoms with van der Waals surface area (Å²) in [5.74, 6) is 0.0195.